The van der Waals surface area contributed by atoms with E-state index in [0.29, 0.717) is 12.2 Å². The van der Waals surface area contributed by atoms with Crippen molar-refractivity contribution in [3.63, 3.8) is 0 Å². The van der Waals surface area contributed by atoms with Crippen LogP contribution in [0.4, 0.5) is 0 Å². The van der Waals surface area contributed by atoms with Crippen molar-refractivity contribution in [2.75, 3.05) is 13.7 Å². The summed E-state index contributed by atoms with van der Waals surface area (Å²) in [6.45, 7) is 0.281. The van der Waals surface area contributed by atoms with E-state index >= 15 is 0 Å². The molecule has 0 aliphatic heterocycles. The molecule has 0 aliphatic carbocycles. The Balaban J connectivity index is 1.59. The highest BCUT2D eigenvalue weighted by Gasteiger charge is 2.14. The van der Waals surface area contributed by atoms with Gasteiger partial charge in [0.05, 0.1) is 28.4 Å². The molecular weight excluding hydrogens is 358 g/mol. The third-order valence-electron chi connectivity index (χ3n) is 3.48. The predicted octanol–water partition coefficient (Wildman–Crippen LogP) is 2.73. The molecule has 1 aromatic carbocycles. The maximum absolute atomic E-state index is 12.3. The molecule has 2 heterocycles. The molecule has 0 bridgehead atoms. The first-order valence-corrected chi connectivity index (χ1v) is 9.94. The Morgan fingerprint density at radius 1 is 1.12 bits per heavy atom. The van der Waals surface area contributed by atoms with Crippen molar-refractivity contribution >= 4 is 21.4 Å². The van der Waals surface area contributed by atoms with Crippen LogP contribution >= 0.6 is 11.3 Å². The Labute approximate surface area is 150 Å². The minimum absolute atomic E-state index is 0.210. The molecule has 3 aromatic rings. The van der Waals surface area contributed by atoms with E-state index in [2.05, 4.69) is 14.7 Å². The van der Waals surface area contributed by atoms with Gasteiger partial charge < -0.3 is 4.74 Å². The minimum atomic E-state index is -3.54. The van der Waals surface area contributed by atoms with Gasteiger partial charge in [-0.15, -0.1) is 11.3 Å². The van der Waals surface area contributed by atoms with E-state index in [-0.39, 0.29) is 11.4 Å². The number of aromatic nitrogens is 2. The van der Waals surface area contributed by atoms with E-state index in [0.717, 1.165) is 16.4 Å². The monoisotopic (exact) mass is 375 g/mol. The lowest BCUT2D eigenvalue weighted by Crippen LogP contribution is -2.25. The van der Waals surface area contributed by atoms with Crippen LogP contribution in [0.5, 0.6) is 5.75 Å². The lowest BCUT2D eigenvalue weighted by Gasteiger charge is -2.06. The van der Waals surface area contributed by atoms with Gasteiger partial charge in [-0.05, 0) is 36.4 Å². The molecule has 0 unspecified atom stereocenters. The second-order valence-electron chi connectivity index (χ2n) is 5.16. The van der Waals surface area contributed by atoms with Gasteiger partial charge >= 0.3 is 0 Å². The molecule has 0 atom stereocenters. The number of pyridine rings is 1. The molecule has 25 heavy (non-hydrogen) atoms. The Bertz CT molecular complexity index is 923. The van der Waals surface area contributed by atoms with Crippen LogP contribution in [-0.2, 0) is 16.4 Å². The number of nitrogens with zero attached hydrogens (tertiary/aromatic N) is 2. The van der Waals surface area contributed by atoms with Gasteiger partial charge in [0.15, 0.2) is 0 Å². The van der Waals surface area contributed by atoms with Gasteiger partial charge in [-0.2, -0.15) is 0 Å². The Kier molecular flexibility index (Phi) is 5.42. The van der Waals surface area contributed by atoms with Crippen LogP contribution in [0.15, 0.2) is 58.9 Å². The summed E-state index contributed by atoms with van der Waals surface area (Å²) in [5.74, 6) is 0.615. The van der Waals surface area contributed by atoms with Crippen LogP contribution in [0.25, 0.3) is 11.4 Å². The van der Waals surface area contributed by atoms with Crippen molar-refractivity contribution in [3.05, 3.63) is 59.0 Å². The Hall–Kier alpha value is -2.29. The standard InChI is InChI=1S/C17H17N3O3S2/c1-23-13-5-7-14(8-6-13)25(21,22)19-11-9-17-20-16(12-24-17)15-4-2-3-10-18-15/h2-8,10,12,19H,9,11H2,1H3. The summed E-state index contributed by atoms with van der Waals surface area (Å²) >= 11 is 1.49. The second kappa shape index (κ2) is 7.73. The number of hydrogen-bond donors (Lipinski definition) is 1. The molecule has 0 spiro atoms. The smallest absolute Gasteiger partial charge is 0.240 e. The molecule has 0 amide bonds. The maximum Gasteiger partial charge on any atom is 0.240 e. The largest absolute Gasteiger partial charge is 0.497 e. The number of methoxy groups -OCH3 is 1. The van der Waals surface area contributed by atoms with Gasteiger partial charge in [0.1, 0.15) is 5.75 Å². The fourth-order valence-electron chi connectivity index (χ4n) is 2.19. The second-order valence-corrected chi connectivity index (χ2v) is 7.87. The zero-order valence-electron chi connectivity index (χ0n) is 13.5. The van der Waals surface area contributed by atoms with Crippen molar-refractivity contribution in [2.45, 2.75) is 11.3 Å². The highest BCUT2D eigenvalue weighted by atomic mass is 32.2. The number of sulfonamides is 1. The average molecular weight is 375 g/mol. The minimum Gasteiger partial charge on any atom is -0.497 e. The normalized spacial score (nSPS) is 11.4. The van der Waals surface area contributed by atoms with Gasteiger partial charge in [-0.3, -0.25) is 4.98 Å². The van der Waals surface area contributed by atoms with E-state index in [9.17, 15) is 8.42 Å². The van der Waals surface area contributed by atoms with Gasteiger partial charge in [-0.25, -0.2) is 18.1 Å². The molecule has 6 nitrogen and oxygen atoms in total. The first kappa shape index (κ1) is 17.5. The molecular formula is C17H17N3O3S2. The van der Waals surface area contributed by atoms with Gasteiger partial charge in [0.2, 0.25) is 10.0 Å². The Morgan fingerprint density at radius 3 is 2.60 bits per heavy atom. The van der Waals surface area contributed by atoms with E-state index in [1.807, 2.05) is 23.6 Å². The first-order valence-electron chi connectivity index (χ1n) is 7.58. The number of thiazole rings is 1. The van der Waals surface area contributed by atoms with Gasteiger partial charge in [0.25, 0.3) is 0 Å². The molecule has 2 aromatic heterocycles. The molecule has 130 valence electrons. The number of benzene rings is 1. The molecule has 0 aliphatic rings. The third kappa shape index (κ3) is 4.41. The highest BCUT2D eigenvalue weighted by Crippen LogP contribution is 2.20. The van der Waals surface area contributed by atoms with Crippen LogP contribution in [0.3, 0.4) is 0 Å². The van der Waals surface area contributed by atoms with Crippen LogP contribution in [0, 0.1) is 0 Å². The molecule has 0 fully saturated rings. The van der Waals surface area contributed by atoms with Crippen molar-refractivity contribution in [1.29, 1.82) is 0 Å². The van der Waals surface area contributed by atoms with E-state index in [1.54, 1.807) is 18.3 Å². The van der Waals surface area contributed by atoms with Gasteiger partial charge in [0, 0.05) is 24.5 Å². The molecule has 0 saturated heterocycles. The summed E-state index contributed by atoms with van der Waals surface area (Å²) in [7, 11) is -2.01. The molecule has 0 radical (unpaired) electrons. The summed E-state index contributed by atoms with van der Waals surface area (Å²) < 4.78 is 32.2. The van der Waals surface area contributed by atoms with Gasteiger partial charge in [-0.1, -0.05) is 6.07 Å². The average Bonchev–Trinajstić information content (AvgIpc) is 3.11. The van der Waals surface area contributed by atoms with Crippen LogP contribution in [0.1, 0.15) is 5.01 Å². The van der Waals surface area contributed by atoms with Crippen molar-refractivity contribution in [2.24, 2.45) is 0 Å². The molecule has 3 rings (SSSR count). The van der Waals surface area contributed by atoms with Crippen molar-refractivity contribution in [1.82, 2.24) is 14.7 Å². The Morgan fingerprint density at radius 2 is 1.92 bits per heavy atom. The number of ether oxygens (including phenoxy) is 1. The van der Waals surface area contributed by atoms with Crippen LogP contribution in [0.2, 0.25) is 0 Å². The van der Waals surface area contributed by atoms with E-state index in [4.69, 9.17) is 4.74 Å². The molecule has 0 saturated carbocycles. The number of hydrogen-bond acceptors (Lipinski definition) is 6. The third-order valence-corrected chi connectivity index (χ3v) is 5.87. The number of nitrogens with one attached hydrogen (secondary N) is 1. The fourth-order valence-corrected chi connectivity index (χ4v) is 4.01. The quantitative estimate of drug-likeness (QED) is 0.687. The summed E-state index contributed by atoms with van der Waals surface area (Å²) in [6, 6.07) is 11.9. The zero-order chi connectivity index (χ0) is 17.7. The summed E-state index contributed by atoms with van der Waals surface area (Å²) in [6.07, 6.45) is 2.24. The predicted molar refractivity (Wildman–Crippen MR) is 97.2 cm³/mol. The van der Waals surface area contributed by atoms with E-state index in [1.165, 1.54) is 30.6 Å². The molecule has 8 heteroatoms. The lowest BCUT2D eigenvalue weighted by atomic mass is 10.3. The lowest BCUT2D eigenvalue weighted by molar-refractivity contribution is 0.414. The summed E-state index contributed by atoms with van der Waals surface area (Å²) in [4.78, 5) is 8.97. The fraction of sp³-hybridized carbons (Fsp3) is 0.176. The van der Waals surface area contributed by atoms with E-state index < -0.39 is 10.0 Å². The number of rotatable bonds is 7. The SMILES string of the molecule is COc1ccc(S(=O)(=O)NCCc2nc(-c3ccccn3)cs2)cc1. The van der Waals surface area contributed by atoms with Crippen LogP contribution in [-0.4, -0.2) is 32.0 Å². The topological polar surface area (TPSA) is 81.2 Å². The summed E-state index contributed by atoms with van der Waals surface area (Å²) in [5, 5.41) is 2.79. The molecule has 1 N–H and O–H groups in total. The highest BCUT2D eigenvalue weighted by molar-refractivity contribution is 7.89. The van der Waals surface area contributed by atoms with Crippen molar-refractivity contribution in [3.8, 4) is 17.1 Å². The maximum atomic E-state index is 12.3. The first-order chi connectivity index (χ1) is 12.1. The zero-order valence-corrected chi connectivity index (χ0v) is 15.2. The van der Waals surface area contributed by atoms with Crippen LogP contribution < -0.4 is 9.46 Å². The summed E-state index contributed by atoms with van der Waals surface area (Å²) in [5.41, 5.74) is 1.61. The van der Waals surface area contributed by atoms with Crippen molar-refractivity contribution < 1.29 is 13.2 Å².